The standard InChI is InChI=1S/C17H25F2N3OS.HI/c1-3-24-17(6-8-23-9-7-17)12-22-16(20-2)21-11-13-10-14(18)4-5-15(13)19;/h4-5,10H,3,6-9,11-12H2,1-2H3,(H2,20,21,22);1H. The van der Waals surface area contributed by atoms with Crippen LogP contribution in [-0.4, -0.2) is 43.3 Å². The van der Waals surface area contributed by atoms with E-state index in [0.29, 0.717) is 5.96 Å². The van der Waals surface area contributed by atoms with E-state index in [1.165, 1.54) is 6.07 Å². The molecule has 0 bridgehead atoms. The van der Waals surface area contributed by atoms with E-state index in [1.807, 2.05) is 11.8 Å². The molecular weight excluding hydrogens is 459 g/mol. The van der Waals surface area contributed by atoms with Crippen molar-refractivity contribution in [3.8, 4) is 0 Å². The van der Waals surface area contributed by atoms with Crippen LogP contribution in [0.3, 0.4) is 0 Å². The number of nitrogens with one attached hydrogen (secondary N) is 2. The summed E-state index contributed by atoms with van der Waals surface area (Å²) in [6.45, 7) is 4.65. The molecule has 142 valence electrons. The summed E-state index contributed by atoms with van der Waals surface area (Å²) in [5.41, 5.74) is 0.279. The number of thioether (sulfide) groups is 1. The van der Waals surface area contributed by atoms with Crippen LogP contribution in [0.25, 0.3) is 0 Å². The van der Waals surface area contributed by atoms with E-state index < -0.39 is 11.6 Å². The Balaban J connectivity index is 0.00000312. The average molecular weight is 485 g/mol. The van der Waals surface area contributed by atoms with Gasteiger partial charge in [0.1, 0.15) is 11.6 Å². The fourth-order valence-corrected chi connectivity index (χ4v) is 3.99. The Labute approximate surface area is 169 Å². The zero-order valence-electron chi connectivity index (χ0n) is 14.6. The lowest BCUT2D eigenvalue weighted by Crippen LogP contribution is -2.48. The molecule has 2 N–H and O–H groups in total. The molecule has 0 spiro atoms. The molecule has 25 heavy (non-hydrogen) atoms. The summed E-state index contributed by atoms with van der Waals surface area (Å²) in [6.07, 6.45) is 1.99. The van der Waals surface area contributed by atoms with Gasteiger partial charge in [0.05, 0.1) is 0 Å². The number of hydrogen-bond donors (Lipinski definition) is 2. The fraction of sp³-hybridized carbons (Fsp3) is 0.588. The largest absolute Gasteiger partial charge is 0.381 e. The van der Waals surface area contributed by atoms with Crippen LogP contribution in [0.4, 0.5) is 8.78 Å². The van der Waals surface area contributed by atoms with Gasteiger partial charge in [-0.3, -0.25) is 4.99 Å². The highest BCUT2D eigenvalue weighted by Crippen LogP contribution is 2.34. The van der Waals surface area contributed by atoms with Gasteiger partial charge in [-0.25, -0.2) is 8.78 Å². The lowest BCUT2D eigenvalue weighted by molar-refractivity contribution is 0.0782. The number of halogens is 3. The molecule has 0 saturated carbocycles. The van der Waals surface area contributed by atoms with Crippen LogP contribution in [0, 0.1) is 11.6 Å². The van der Waals surface area contributed by atoms with Crippen LogP contribution in [0.1, 0.15) is 25.3 Å². The van der Waals surface area contributed by atoms with Crippen molar-refractivity contribution in [2.45, 2.75) is 31.1 Å². The molecule has 1 heterocycles. The second-order valence-electron chi connectivity index (χ2n) is 5.74. The second kappa shape index (κ2) is 11.2. The summed E-state index contributed by atoms with van der Waals surface area (Å²) >= 11 is 1.94. The molecule has 1 aliphatic rings. The molecule has 0 atom stereocenters. The first-order valence-corrected chi connectivity index (χ1v) is 9.17. The van der Waals surface area contributed by atoms with E-state index in [2.05, 4.69) is 22.5 Å². The highest BCUT2D eigenvalue weighted by atomic mass is 127. The summed E-state index contributed by atoms with van der Waals surface area (Å²) in [5, 5.41) is 6.36. The number of rotatable bonds is 6. The molecule has 0 aliphatic carbocycles. The van der Waals surface area contributed by atoms with Crippen molar-refractivity contribution in [3.05, 3.63) is 35.4 Å². The molecule has 1 aromatic carbocycles. The third kappa shape index (κ3) is 6.90. The van der Waals surface area contributed by atoms with Crippen LogP contribution in [-0.2, 0) is 11.3 Å². The number of benzene rings is 1. The summed E-state index contributed by atoms with van der Waals surface area (Å²) < 4.78 is 32.5. The molecule has 0 unspecified atom stereocenters. The zero-order chi connectivity index (χ0) is 17.4. The number of nitrogens with zero attached hydrogens (tertiary/aromatic N) is 1. The minimum atomic E-state index is -0.448. The normalized spacial score (nSPS) is 16.9. The highest BCUT2D eigenvalue weighted by Gasteiger charge is 2.32. The smallest absolute Gasteiger partial charge is 0.191 e. The van der Waals surface area contributed by atoms with Crippen molar-refractivity contribution in [2.75, 3.05) is 32.6 Å². The topological polar surface area (TPSA) is 45.7 Å². The van der Waals surface area contributed by atoms with Crippen molar-refractivity contribution in [1.82, 2.24) is 10.6 Å². The lowest BCUT2D eigenvalue weighted by Gasteiger charge is -2.37. The highest BCUT2D eigenvalue weighted by molar-refractivity contribution is 14.0. The Morgan fingerprint density at radius 3 is 2.64 bits per heavy atom. The van der Waals surface area contributed by atoms with Gasteiger partial charge in [0.2, 0.25) is 0 Å². The fourth-order valence-electron chi connectivity index (χ4n) is 2.74. The molecule has 1 aliphatic heterocycles. The number of hydrogen-bond acceptors (Lipinski definition) is 3. The first-order valence-electron chi connectivity index (χ1n) is 8.19. The van der Waals surface area contributed by atoms with Gasteiger partial charge in [-0.05, 0) is 36.8 Å². The third-order valence-electron chi connectivity index (χ3n) is 4.11. The van der Waals surface area contributed by atoms with E-state index >= 15 is 0 Å². The second-order valence-corrected chi connectivity index (χ2v) is 7.48. The van der Waals surface area contributed by atoms with Crippen molar-refractivity contribution in [1.29, 1.82) is 0 Å². The Morgan fingerprint density at radius 2 is 2.00 bits per heavy atom. The Hall–Kier alpha value is -0.610. The SMILES string of the molecule is CCSC1(CNC(=NC)NCc2cc(F)ccc2F)CCOCC1.I. The van der Waals surface area contributed by atoms with Gasteiger partial charge in [0.15, 0.2) is 5.96 Å². The van der Waals surface area contributed by atoms with Crippen molar-refractivity contribution in [2.24, 2.45) is 4.99 Å². The number of guanidine groups is 1. The maximum atomic E-state index is 13.7. The van der Waals surface area contributed by atoms with Gasteiger partial charge in [-0.1, -0.05) is 6.92 Å². The molecule has 4 nitrogen and oxygen atoms in total. The number of ether oxygens (including phenoxy) is 1. The van der Waals surface area contributed by atoms with Gasteiger partial charge < -0.3 is 15.4 Å². The average Bonchev–Trinajstić information content (AvgIpc) is 2.59. The first kappa shape index (κ1) is 22.4. The van der Waals surface area contributed by atoms with E-state index in [0.717, 1.165) is 50.5 Å². The van der Waals surface area contributed by atoms with Gasteiger partial charge in [-0.15, -0.1) is 24.0 Å². The zero-order valence-corrected chi connectivity index (χ0v) is 17.8. The van der Waals surface area contributed by atoms with Crippen LogP contribution in [0.15, 0.2) is 23.2 Å². The van der Waals surface area contributed by atoms with Crippen LogP contribution >= 0.6 is 35.7 Å². The minimum absolute atomic E-state index is 0. The summed E-state index contributed by atoms with van der Waals surface area (Å²) in [7, 11) is 1.67. The quantitative estimate of drug-likeness (QED) is 0.368. The van der Waals surface area contributed by atoms with Gasteiger partial charge in [-0.2, -0.15) is 11.8 Å². The van der Waals surface area contributed by atoms with Crippen molar-refractivity contribution >= 4 is 41.7 Å². The van der Waals surface area contributed by atoms with Gasteiger partial charge >= 0.3 is 0 Å². The lowest BCUT2D eigenvalue weighted by atomic mass is 9.99. The molecule has 2 rings (SSSR count). The van der Waals surface area contributed by atoms with E-state index in [1.54, 1.807) is 7.05 Å². The molecule has 1 aromatic rings. The molecule has 0 radical (unpaired) electrons. The molecule has 0 amide bonds. The third-order valence-corrected chi connectivity index (χ3v) is 5.56. The van der Waals surface area contributed by atoms with Crippen molar-refractivity contribution < 1.29 is 13.5 Å². The van der Waals surface area contributed by atoms with Crippen molar-refractivity contribution in [3.63, 3.8) is 0 Å². The number of aliphatic imine (C=N–C) groups is 1. The Kier molecular flexibility index (Phi) is 10.0. The molecular formula is C17H26F2IN3OS. The summed E-state index contributed by atoms with van der Waals surface area (Å²) in [4.78, 5) is 4.17. The monoisotopic (exact) mass is 485 g/mol. The minimum Gasteiger partial charge on any atom is -0.381 e. The van der Waals surface area contributed by atoms with Crippen LogP contribution in [0.2, 0.25) is 0 Å². The predicted molar refractivity (Wildman–Crippen MR) is 111 cm³/mol. The molecule has 1 fully saturated rings. The van der Waals surface area contributed by atoms with Crippen LogP contribution in [0.5, 0.6) is 0 Å². The maximum absolute atomic E-state index is 13.7. The predicted octanol–water partition coefficient (Wildman–Crippen LogP) is 3.55. The molecule has 0 aromatic heterocycles. The van der Waals surface area contributed by atoms with E-state index in [9.17, 15) is 8.78 Å². The maximum Gasteiger partial charge on any atom is 0.191 e. The Morgan fingerprint density at radius 1 is 1.28 bits per heavy atom. The van der Waals surface area contributed by atoms with Gasteiger partial charge in [0.25, 0.3) is 0 Å². The van der Waals surface area contributed by atoms with Gasteiger partial charge in [0, 0.05) is 43.7 Å². The van der Waals surface area contributed by atoms with E-state index in [4.69, 9.17) is 4.74 Å². The first-order chi connectivity index (χ1) is 11.6. The Bertz CT molecular complexity index is 563. The van der Waals surface area contributed by atoms with Crippen LogP contribution < -0.4 is 10.6 Å². The molecule has 8 heteroatoms. The summed E-state index contributed by atoms with van der Waals surface area (Å²) in [5.74, 6) is 0.752. The van der Waals surface area contributed by atoms with E-state index in [-0.39, 0.29) is 40.8 Å². The summed E-state index contributed by atoms with van der Waals surface area (Å²) in [6, 6.07) is 3.45. The molecule has 1 saturated heterocycles.